The minimum atomic E-state index is -0.645. The SMILES string of the molecule is CCOCCOC(C)OC(=O)C(C)Cl. The number of carbonyl (C=O) groups excluding carboxylic acids is 1. The number of rotatable bonds is 7. The summed E-state index contributed by atoms with van der Waals surface area (Å²) >= 11 is 5.50. The molecule has 0 aromatic heterocycles. The van der Waals surface area contributed by atoms with Crippen molar-refractivity contribution in [3.63, 3.8) is 0 Å². The Morgan fingerprint density at radius 1 is 1.36 bits per heavy atom. The van der Waals surface area contributed by atoms with Crippen LogP contribution >= 0.6 is 11.6 Å². The number of esters is 1. The maximum atomic E-state index is 11.0. The summed E-state index contributed by atoms with van der Waals surface area (Å²) < 4.78 is 15.0. The van der Waals surface area contributed by atoms with Gasteiger partial charge in [-0.25, -0.2) is 0 Å². The highest BCUT2D eigenvalue weighted by atomic mass is 35.5. The van der Waals surface area contributed by atoms with Crippen LogP contribution in [-0.2, 0) is 19.0 Å². The van der Waals surface area contributed by atoms with Crippen LogP contribution in [0.1, 0.15) is 20.8 Å². The third-order valence-electron chi connectivity index (χ3n) is 1.39. The van der Waals surface area contributed by atoms with Crippen LogP contribution in [0.5, 0.6) is 0 Å². The van der Waals surface area contributed by atoms with Crippen molar-refractivity contribution in [3.05, 3.63) is 0 Å². The third kappa shape index (κ3) is 7.12. The summed E-state index contributed by atoms with van der Waals surface area (Å²) in [6.07, 6.45) is -0.579. The van der Waals surface area contributed by atoms with E-state index in [0.717, 1.165) is 0 Å². The molecule has 0 aromatic rings. The molecule has 0 fully saturated rings. The fraction of sp³-hybridized carbons (Fsp3) is 0.889. The lowest BCUT2D eigenvalue weighted by Crippen LogP contribution is -2.24. The Hall–Kier alpha value is -0.320. The topological polar surface area (TPSA) is 44.8 Å². The van der Waals surface area contributed by atoms with Gasteiger partial charge in [-0.05, 0) is 20.8 Å². The quantitative estimate of drug-likeness (QED) is 0.285. The van der Waals surface area contributed by atoms with Crippen molar-refractivity contribution in [3.8, 4) is 0 Å². The highest BCUT2D eigenvalue weighted by Gasteiger charge is 2.14. The average molecular weight is 225 g/mol. The first-order chi connectivity index (χ1) is 6.57. The van der Waals surface area contributed by atoms with Crippen LogP contribution in [0, 0.1) is 0 Å². The lowest BCUT2D eigenvalue weighted by molar-refractivity contribution is -0.176. The highest BCUT2D eigenvalue weighted by Crippen LogP contribution is 2.01. The molecular weight excluding hydrogens is 208 g/mol. The van der Waals surface area contributed by atoms with E-state index in [-0.39, 0.29) is 0 Å². The molecular formula is C9H17ClO4. The van der Waals surface area contributed by atoms with Gasteiger partial charge in [-0.2, -0.15) is 0 Å². The second-order valence-electron chi connectivity index (χ2n) is 2.69. The molecule has 0 amide bonds. The van der Waals surface area contributed by atoms with Gasteiger partial charge >= 0.3 is 5.97 Å². The number of alkyl halides is 1. The van der Waals surface area contributed by atoms with Gasteiger partial charge in [0.05, 0.1) is 13.2 Å². The van der Waals surface area contributed by atoms with Gasteiger partial charge in [-0.15, -0.1) is 11.6 Å². The van der Waals surface area contributed by atoms with Crippen LogP contribution < -0.4 is 0 Å². The zero-order valence-electron chi connectivity index (χ0n) is 8.79. The first-order valence-corrected chi connectivity index (χ1v) is 5.05. The molecule has 0 spiro atoms. The lowest BCUT2D eigenvalue weighted by atomic mass is 10.5. The number of hydrogen-bond acceptors (Lipinski definition) is 4. The zero-order chi connectivity index (χ0) is 11.0. The maximum absolute atomic E-state index is 11.0. The van der Waals surface area contributed by atoms with E-state index in [9.17, 15) is 4.79 Å². The summed E-state index contributed by atoms with van der Waals surface area (Å²) in [5.74, 6) is -0.476. The van der Waals surface area contributed by atoms with Gasteiger partial charge in [0.15, 0.2) is 6.29 Å². The van der Waals surface area contributed by atoms with Gasteiger partial charge in [0.2, 0.25) is 0 Å². The van der Waals surface area contributed by atoms with E-state index >= 15 is 0 Å². The van der Waals surface area contributed by atoms with Gasteiger partial charge in [-0.3, -0.25) is 4.79 Å². The number of ether oxygens (including phenoxy) is 3. The third-order valence-corrected chi connectivity index (χ3v) is 1.57. The largest absolute Gasteiger partial charge is 0.435 e. The minimum absolute atomic E-state index is 0.402. The molecule has 5 heteroatoms. The van der Waals surface area contributed by atoms with Gasteiger partial charge in [0.25, 0.3) is 0 Å². The number of halogens is 1. The Balaban J connectivity index is 3.45. The van der Waals surface area contributed by atoms with Crippen molar-refractivity contribution in [2.24, 2.45) is 0 Å². The predicted molar refractivity (Wildman–Crippen MR) is 53.3 cm³/mol. The van der Waals surface area contributed by atoms with Crippen LogP contribution in [0.2, 0.25) is 0 Å². The normalized spacial score (nSPS) is 14.9. The second kappa shape index (κ2) is 8.03. The van der Waals surface area contributed by atoms with Gasteiger partial charge in [-0.1, -0.05) is 0 Å². The summed E-state index contributed by atoms with van der Waals surface area (Å²) in [7, 11) is 0. The van der Waals surface area contributed by atoms with E-state index in [1.807, 2.05) is 6.92 Å². The van der Waals surface area contributed by atoms with E-state index in [0.29, 0.717) is 19.8 Å². The first-order valence-electron chi connectivity index (χ1n) is 4.61. The fourth-order valence-corrected chi connectivity index (χ4v) is 0.760. The molecule has 0 bridgehead atoms. The molecule has 0 radical (unpaired) electrons. The van der Waals surface area contributed by atoms with Crippen LogP contribution in [0.3, 0.4) is 0 Å². The standard InChI is InChI=1S/C9H17ClO4/c1-4-12-5-6-13-8(3)14-9(11)7(2)10/h7-8H,4-6H2,1-3H3. The van der Waals surface area contributed by atoms with Crippen molar-refractivity contribution in [1.29, 1.82) is 0 Å². The maximum Gasteiger partial charge on any atom is 0.326 e. The Bertz CT molecular complexity index is 161. The Kier molecular flexibility index (Phi) is 7.84. The predicted octanol–water partition coefficient (Wildman–Crippen LogP) is 1.56. The van der Waals surface area contributed by atoms with Gasteiger partial charge < -0.3 is 14.2 Å². The molecule has 0 heterocycles. The average Bonchev–Trinajstić information content (AvgIpc) is 2.12. The molecule has 0 aromatic carbocycles. The summed E-state index contributed by atoms with van der Waals surface area (Å²) in [6, 6.07) is 0. The molecule has 14 heavy (non-hydrogen) atoms. The van der Waals surface area contributed by atoms with Crippen molar-refractivity contribution < 1.29 is 19.0 Å². The summed E-state index contributed by atoms with van der Waals surface area (Å²) in [4.78, 5) is 11.0. The summed E-state index contributed by atoms with van der Waals surface area (Å²) in [5, 5.41) is -0.645. The molecule has 0 aliphatic heterocycles. The van der Waals surface area contributed by atoms with Crippen LogP contribution in [-0.4, -0.2) is 37.5 Å². The molecule has 2 atom stereocenters. The Morgan fingerprint density at radius 2 is 2.00 bits per heavy atom. The molecule has 0 saturated carbocycles. The highest BCUT2D eigenvalue weighted by molar-refractivity contribution is 6.29. The van der Waals surface area contributed by atoms with E-state index < -0.39 is 17.6 Å². The fourth-order valence-electron chi connectivity index (χ4n) is 0.709. The van der Waals surface area contributed by atoms with E-state index in [2.05, 4.69) is 0 Å². The molecule has 4 nitrogen and oxygen atoms in total. The number of carbonyl (C=O) groups is 1. The van der Waals surface area contributed by atoms with Gasteiger partial charge in [0, 0.05) is 6.61 Å². The van der Waals surface area contributed by atoms with Crippen LogP contribution in [0.25, 0.3) is 0 Å². The van der Waals surface area contributed by atoms with E-state index in [4.69, 9.17) is 25.8 Å². The minimum Gasteiger partial charge on any atom is -0.435 e. The Labute approximate surface area is 89.5 Å². The zero-order valence-corrected chi connectivity index (χ0v) is 9.54. The van der Waals surface area contributed by atoms with E-state index in [1.165, 1.54) is 0 Å². The monoisotopic (exact) mass is 224 g/mol. The molecule has 84 valence electrons. The van der Waals surface area contributed by atoms with Crippen molar-refractivity contribution in [2.45, 2.75) is 32.4 Å². The summed E-state index contributed by atoms with van der Waals surface area (Å²) in [5.41, 5.74) is 0. The summed E-state index contributed by atoms with van der Waals surface area (Å²) in [6.45, 7) is 6.64. The second-order valence-corrected chi connectivity index (χ2v) is 3.34. The molecule has 2 unspecified atom stereocenters. The van der Waals surface area contributed by atoms with Crippen LogP contribution in [0.4, 0.5) is 0 Å². The first kappa shape index (κ1) is 13.7. The van der Waals surface area contributed by atoms with E-state index in [1.54, 1.807) is 13.8 Å². The van der Waals surface area contributed by atoms with Crippen molar-refractivity contribution >= 4 is 17.6 Å². The molecule has 0 saturated heterocycles. The number of hydrogen-bond donors (Lipinski definition) is 0. The lowest BCUT2D eigenvalue weighted by Gasteiger charge is -2.14. The molecule has 0 aliphatic rings. The molecule has 0 aliphatic carbocycles. The van der Waals surface area contributed by atoms with Crippen molar-refractivity contribution in [2.75, 3.05) is 19.8 Å². The molecule has 0 rings (SSSR count). The smallest absolute Gasteiger partial charge is 0.326 e. The Morgan fingerprint density at radius 3 is 2.50 bits per heavy atom. The van der Waals surface area contributed by atoms with Gasteiger partial charge in [0.1, 0.15) is 5.38 Å². The van der Waals surface area contributed by atoms with Crippen molar-refractivity contribution in [1.82, 2.24) is 0 Å². The van der Waals surface area contributed by atoms with Crippen LogP contribution in [0.15, 0.2) is 0 Å². The molecule has 0 N–H and O–H groups in total.